The number of H-pyrrole nitrogens is 1. The van der Waals surface area contributed by atoms with E-state index in [2.05, 4.69) is 15.3 Å². The van der Waals surface area contributed by atoms with Crippen LogP contribution in [-0.2, 0) is 11.3 Å². The molecule has 1 aromatic carbocycles. The molecule has 0 atom stereocenters. The lowest BCUT2D eigenvalue weighted by Crippen LogP contribution is -2.09. The maximum absolute atomic E-state index is 9.93. The molecule has 0 saturated carbocycles. The van der Waals surface area contributed by atoms with Gasteiger partial charge in [-0.25, -0.2) is 4.98 Å². The van der Waals surface area contributed by atoms with Gasteiger partial charge in [-0.15, -0.1) is 0 Å². The largest absolute Gasteiger partial charge is 0.345 e. The van der Waals surface area contributed by atoms with E-state index in [4.69, 9.17) is 0 Å². The monoisotopic (exact) mass is 174 g/mol. The number of amides is 1. The third-order valence-electron chi connectivity index (χ3n) is 1.85. The summed E-state index contributed by atoms with van der Waals surface area (Å²) < 4.78 is 0. The number of nitrogens with one attached hydrogen (secondary N) is 2. The van der Waals surface area contributed by atoms with Crippen molar-refractivity contribution in [3.8, 4) is 0 Å². The molecule has 4 nitrogen and oxygen atoms in total. The maximum Gasteiger partial charge on any atom is 0.309 e. The van der Waals surface area contributed by atoms with Crippen LogP contribution in [0.2, 0.25) is 0 Å². The van der Waals surface area contributed by atoms with Crippen molar-refractivity contribution in [2.24, 2.45) is 0 Å². The van der Waals surface area contributed by atoms with E-state index >= 15 is 0 Å². The zero-order valence-corrected chi connectivity index (χ0v) is 6.87. The summed E-state index contributed by atoms with van der Waals surface area (Å²) in [4.78, 5) is 17.0. The minimum absolute atomic E-state index is 0.492. The Morgan fingerprint density at radius 2 is 2.46 bits per heavy atom. The van der Waals surface area contributed by atoms with Crippen molar-refractivity contribution in [2.45, 2.75) is 6.54 Å². The van der Waals surface area contributed by atoms with Crippen molar-refractivity contribution in [3.05, 3.63) is 30.1 Å². The third-order valence-corrected chi connectivity index (χ3v) is 1.85. The second-order valence-electron chi connectivity index (χ2n) is 2.71. The summed E-state index contributed by atoms with van der Waals surface area (Å²) in [6.07, 6.45) is 3.28. The molecule has 0 aliphatic heterocycles. The van der Waals surface area contributed by atoms with Gasteiger partial charge < -0.3 is 10.3 Å². The summed E-state index contributed by atoms with van der Waals surface area (Å²) in [5, 5.41) is 2.48. The van der Waals surface area contributed by atoms with E-state index in [9.17, 15) is 4.79 Å². The molecule has 1 aromatic heterocycles. The molecule has 2 aromatic rings. The predicted molar refractivity (Wildman–Crippen MR) is 48.6 cm³/mol. The molecule has 1 amide bonds. The minimum atomic E-state index is 0.492. The molecule has 0 saturated heterocycles. The maximum atomic E-state index is 9.93. The number of aromatic amines is 1. The number of carbonyl (C=O) groups excluding carboxylic acids is 1. The van der Waals surface area contributed by atoms with Crippen LogP contribution in [0.1, 0.15) is 5.56 Å². The number of imidazole rings is 1. The number of aromatic nitrogens is 2. The molecule has 65 valence electrons. The first kappa shape index (κ1) is 7.79. The zero-order chi connectivity index (χ0) is 9.10. The van der Waals surface area contributed by atoms with Crippen LogP contribution >= 0.6 is 0 Å². The molecule has 0 aliphatic rings. The van der Waals surface area contributed by atoms with Crippen LogP contribution in [0.25, 0.3) is 11.0 Å². The van der Waals surface area contributed by atoms with Crippen molar-refractivity contribution in [1.29, 1.82) is 0 Å². The summed E-state index contributed by atoms with van der Waals surface area (Å²) >= 11 is 0. The first-order valence-corrected chi connectivity index (χ1v) is 3.92. The van der Waals surface area contributed by atoms with Gasteiger partial charge in [0.1, 0.15) is 0 Å². The lowest BCUT2D eigenvalue weighted by molar-refractivity contribution is 0.542. The Morgan fingerprint density at radius 1 is 1.54 bits per heavy atom. The van der Waals surface area contributed by atoms with Crippen molar-refractivity contribution >= 4 is 17.4 Å². The number of benzene rings is 1. The van der Waals surface area contributed by atoms with Gasteiger partial charge in [0.05, 0.1) is 17.4 Å². The van der Waals surface area contributed by atoms with Gasteiger partial charge >= 0.3 is 6.41 Å². The van der Waals surface area contributed by atoms with Crippen LogP contribution in [0.5, 0.6) is 0 Å². The quantitative estimate of drug-likeness (QED) is 0.673. The number of rotatable bonds is 3. The van der Waals surface area contributed by atoms with Gasteiger partial charge in [-0.1, -0.05) is 6.07 Å². The lowest BCUT2D eigenvalue weighted by atomic mass is 10.2. The summed E-state index contributed by atoms with van der Waals surface area (Å²) in [5.41, 5.74) is 2.92. The molecule has 1 heterocycles. The van der Waals surface area contributed by atoms with Crippen LogP contribution in [-0.4, -0.2) is 16.4 Å². The fourth-order valence-corrected chi connectivity index (χ4v) is 1.23. The second-order valence-corrected chi connectivity index (χ2v) is 2.71. The number of nitrogens with zero attached hydrogens (tertiary/aromatic N) is 1. The molecule has 1 radical (unpaired) electrons. The van der Waals surface area contributed by atoms with Gasteiger partial charge in [0, 0.05) is 6.54 Å². The standard InChI is InChI=1S/C9H8N3O/c13-6-10-4-7-1-2-8-9(3-7)12-5-11-8/h1-3,5H,4H2,(H,10,13)(H,11,12). The van der Waals surface area contributed by atoms with Crippen LogP contribution in [0.15, 0.2) is 24.5 Å². The molecule has 0 bridgehead atoms. The normalized spacial score (nSPS) is 10.2. The van der Waals surface area contributed by atoms with Crippen LogP contribution in [0.3, 0.4) is 0 Å². The molecule has 0 unspecified atom stereocenters. The number of fused-ring (bicyclic) bond motifs is 1. The van der Waals surface area contributed by atoms with Gasteiger partial charge in [-0.3, -0.25) is 4.79 Å². The Hall–Kier alpha value is -1.84. The van der Waals surface area contributed by atoms with Crippen molar-refractivity contribution in [2.75, 3.05) is 0 Å². The molecule has 4 heteroatoms. The van der Waals surface area contributed by atoms with Gasteiger partial charge in [-0.2, -0.15) is 0 Å². The highest BCUT2D eigenvalue weighted by molar-refractivity contribution is 5.75. The zero-order valence-electron chi connectivity index (χ0n) is 6.87. The smallest absolute Gasteiger partial charge is 0.309 e. The molecule has 2 rings (SSSR count). The first-order chi connectivity index (χ1) is 6.40. The number of hydrogen-bond acceptors (Lipinski definition) is 2. The first-order valence-electron chi connectivity index (χ1n) is 3.92. The molecular formula is C9H8N3O. The van der Waals surface area contributed by atoms with E-state index in [1.807, 2.05) is 18.2 Å². The average molecular weight is 174 g/mol. The second kappa shape index (κ2) is 3.26. The molecule has 0 aliphatic carbocycles. The van der Waals surface area contributed by atoms with Crippen LogP contribution < -0.4 is 5.32 Å². The Labute approximate surface area is 75.0 Å². The van der Waals surface area contributed by atoms with Crippen molar-refractivity contribution < 1.29 is 4.79 Å². The Bertz CT molecular complexity index is 421. The fraction of sp³-hybridized carbons (Fsp3) is 0.111. The van der Waals surface area contributed by atoms with Crippen molar-refractivity contribution in [1.82, 2.24) is 15.3 Å². The summed E-state index contributed by atoms with van der Waals surface area (Å²) in [6.45, 7) is 0.492. The molecule has 0 spiro atoms. The lowest BCUT2D eigenvalue weighted by Gasteiger charge is -1.97. The molecule has 0 fully saturated rings. The van der Waals surface area contributed by atoms with E-state index in [1.165, 1.54) is 0 Å². The van der Waals surface area contributed by atoms with E-state index < -0.39 is 0 Å². The van der Waals surface area contributed by atoms with Gasteiger partial charge in [0.2, 0.25) is 0 Å². The highest BCUT2D eigenvalue weighted by Crippen LogP contribution is 2.10. The summed E-state index contributed by atoms with van der Waals surface area (Å²) in [7, 11) is 0. The SMILES string of the molecule is O=[C]NCc1ccc2[nH]cnc2c1. The van der Waals surface area contributed by atoms with E-state index in [0.29, 0.717) is 6.54 Å². The van der Waals surface area contributed by atoms with Crippen molar-refractivity contribution in [3.63, 3.8) is 0 Å². The van der Waals surface area contributed by atoms with Gasteiger partial charge in [0.25, 0.3) is 0 Å². The summed E-state index contributed by atoms with van der Waals surface area (Å²) in [5.74, 6) is 0. The Kier molecular flexibility index (Phi) is 1.96. The molecule has 13 heavy (non-hydrogen) atoms. The van der Waals surface area contributed by atoms with E-state index in [0.717, 1.165) is 16.6 Å². The van der Waals surface area contributed by atoms with Crippen LogP contribution in [0.4, 0.5) is 0 Å². The fourth-order valence-electron chi connectivity index (χ4n) is 1.23. The Morgan fingerprint density at radius 3 is 3.31 bits per heavy atom. The van der Waals surface area contributed by atoms with E-state index in [1.54, 1.807) is 12.7 Å². The highest BCUT2D eigenvalue weighted by Gasteiger charge is 1.97. The number of hydrogen-bond donors (Lipinski definition) is 2. The highest BCUT2D eigenvalue weighted by atomic mass is 16.1. The molecule has 2 N–H and O–H groups in total. The van der Waals surface area contributed by atoms with Crippen LogP contribution in [0, 0.1) is 0 Å². The van der Waals surface area contributed by atoms with E-state index in [-0.39, 0.29) is 0 Å². The molecular weight excluding hydrogens is 166 g/mol. The predicted octanol–water partition coefficient (Wildman–Crippen LogP) is 0.720. The minimum Gasteiger partial charge on any atom is -0.345 e. The summed E-state index contributed by atoms with van der Waals surface area (Å²) in [6, 6.07) is 5.80. The van der Waals surface area contributed by atoms with Gasteiger partial charge in [0.15, 0.2) is 0 Å². The Balaban J connectivity index is 2.31. The average Bonchev–Trinajstić information content (AvgIpc) is 2.61. The topological polar surface area (TPSA) is 57.8 Å². The van der Waals surface area contributed by atoms with Gasteiger partial charge in [-0.05, 0) is 17.7 Å². The third kappa shape index (κ3) is 1.51.